The molecule has 88 valence electrons. The van der Waals surface area contributed by atoms with Crippen LogP contribution in [0.1, 0.15) is 30.4 Å². The van der Waals surface area contributed by atoms with Gasteiger partial charge in [-0.15, -0.1) is 0 Å². The Morgan fingerprint density at radius 3 is 2.88 bits per heavy atom. The highest BCUT2D eigenvalue weighted by Gasteiger charge is 2.35. The third kappa shape index (κ3) is 1.92. The van der Waals surface area contributed by atoms with Crippen LogP contribution in [0.15, 0.2) is 28.5 Å². The van der Waals surface area contributed by atoms with E-state index in [1.54, 1.807) is 0 Å². The summed E-state index contributed by atoms with van der Waals surface area (Å²) in [6.45, 7) is 5.74. The molecule has 1 aliphatic rings. The van der Waals surface area contributed by atoms with E-state index in [1.807, 2.05) is 19.1 Å². The molecule has 5 heteroatoms. The fourth-order valence-electron chi connectivity index (χ4n) is 2.06. The Hall–Kier alpha value is -1.07. The number of furan rings is 1. The van der Waals surface area contributed by atoms with Crippen molar-refractivity contribution in [3.63, 3.8) is 0 Å². The van der Waals surface area contributed by atoms with Gasteiger partial charge in [-0.2, -0.15) is 4.31 Å². The van der Waals surface area contributed by atoms with E-state index in [0.29, 0.717) is 6.54 Å². The summed E-state index contributed by atoms with van der Waals surface area (Å²) in [4.78, 5) is 0. The summed E-state index contributed by atoms with van der Waals surface area (Å²) >= 11 is 0. The van der Waals surface area contributed by atoms with Gasteiger partial charge in [0.05, 0.1) is 6.04 Å². The average Bonchev–Trinajstić information content (AvgIpc) is 2.85. The molecule has 0 aromatic carbocycles. The quantitative estimate of drug-likeness (QED) is 0.815. The van der Waals surface area contributed by atoms with Crippen molar-refractivity contribution < 1.29 is 12.8 Å². The van der Waals surface area contributed by atoms with Crippen LogP contribution in [0.4, 0.5) is 0 Å². The van der Waals surface area contributed by atoms with Gasteiger partial charge >= 0.3 is 0 Å². The van der Waals surface area contributed by atoms with Gasteiger partial charge in [0.15, 0.2) is 0 Å². The molecular formula is C11H15NO3S. The minimum atomic E-state index is -3.35. The summed E-state index contributed by atoms with van der Waals surface area (Å²) in [6.07, 6.45) is 1.66. The van der Waals surface area contributed by atoms with Crippen molar-refractivity contribution in [3.05, 3.63) is 35.6 Å². The molecule has 4 nitrogen and oxygen atoms in total. The number of sulfonamides is 1. The zero-order chi connectivity index (χ0) is 11.8. The molecule has 0 spiro atoms. The van der Waals surface area contributed by atoms with Gasteiger partial charge in [0.2, 0.25) is 10.0 Å². The molecule has 1 aromatic heterocycles. The largest absolute Gasteiger partial charge is 0.465 e. The molecule has 2 heterocycles. The van der Waals surface area contributed by atoms with Gasteiger partial charge < -0.3 is 4.42 Å². The van der Waals surface area contributed by atoms with Crippen LogP contribution < -0.4 is 0 Å². The fourth-order valence-corrected chi connectivity index (χ4v) is 3.20. The number of aryl methyl sites for hydroxylation is 1. The number of hydrogen-bond donors (Lipinski definition) is 0. The molecule has 0 aliphatic carbocycles. The molecule has 0 amide bonds. The van der Waals surface area contributed by atoms with Crippen LogP contribution in [0.3, 0.4) is 0 Å². The van der Waals surface area contributed by atoms with Crippen molar-refractivity contribution in [3.8, 4) is 0 Å². The van der Waals surface area contributed by atoms with E-state index in [1.165, 1.54) is 4.31 Å². The zero-order valence-corrected chi connectivity index (χ0v) is 10.0. The first kappa shape index (κ1) is 11.4. The molecule has 0 bridgehead atoms. The SMILES string of the molecule is C=CS(=O)(=O)N1CCCC1c1ccc(C)o1. The monoisotopic (exact) mass is 241 g/mol. The Kier molecular flexibility index (Phi) is 2.90. The highest BCUT2D eigenvalue weighted by molar-refractivity contribution is 7.92. The minimum absolute atomic E-state index is 0.170. The van der Waals surface area contributed by atoms with Gasteiger partial charge in [0.1, 0.15) is 11.5 Å². The van der Waals surface area contributed by atoms with E-state index in [4.69, 9.17) is 4.42 Å². The van der Waals surface area contributed by atoms with Crippen LogP contribution in [-0.2, 0) is 10.0 Å². The van der Waals surface area contributed by atoms with Crippen LogP contribution in [0, 0.1) is 6.92 Å². The lowest BCUT2D eigenvalue weighted by Crippen LogP contribution is -2.28. The zero-order valence-electron chi connectivity index (χ0n) is 9.22. The van der Waals surface area contributed by atoms with Crippen molar-refractivity contribution in [1.29, 1.82) is 0 Å². The maximum atomic E-state index is 11.8. The van der Waals surface area contributed by atoms with Gasteiger partial charge in [-0.3, -0.25) is 0 Å². The predicted molar refractivity (Wildman–Crippen MR) is 61.2 cm³/mol. The fraction of sp³-hybridized carbons (Fsp3) is 0.455. The summed E-state index contributed by atoms with van der Waals surface area (Å²) in [5.41, 5.74) is 0. The Bertz CT molecular complexity index is 489. The second-order valence-electron chi connectivity index (χ2n) is 3.93. The first-order chi connectivity index (χ1) is 7.54. The van der Waals surface area contributed by atoms with Crippen molar-refractivity contribution >= 4 is 10.0 Å². The van der Waals surface area contributed by atoms with Gasteiger partial charge in [0.25, 0.3) is 0 Å². The molecule has 1 fully saturated rings. The second-order valence-corrected chi connectivity index (χ2v) is 5.76. The predicted octanol–water partition coefficient (Wildman–Crippen LogP) is 2.20. The molecule has 0 radical (unpaired) electrons. The molecule has 1 atom stereocenters. The molecule has 1 aromatic rings. The number of rotatable bonds is 3. The van der Waals surface area contributed by atoms with Crippen molar-refractivity contribution in [2.75, 3.05) is 6.54 Å². The van der Waals surface area contributed by atoms with Crippen molar-refractivity contribution in [2.24, 2.45) is 0 Å². The van der Waals surface area contributed by atoms with Crippen LogP contribution in [-0.4, -0.2) is 19.3 Å². The smallest absolute Gasteiger partial charge is 0.236 e. The summed E-state index contributed by atoms with van der Waals surface area (Å²) in [7, 11) is -3.35. The van der Waals surface area contributed by atoms with Gasteiger partial charge in [-0.05, 0) is 31.9 Å². The molecule has 0 saturated carbocycles. The summed E-state index contributed by atoms with van der Waals surface area (Å²) in [5.74, 6) is 1.53. The molecule has 1 unspecified atom stereocenters. The second kappa shape index (κ2) is 4.07. The van der Waals surface area contributed by atoms with E-state index in [9.17, 15) is 8.42 Å². The minimum Gasteiger partial charge on any atom is -0.465 e. The van der Waals surface area contributed by atoms with Gasteiger partial charge in [0, 0.05) is 12.0 Å². The average molecular weight is 241 g/mol. The number of nitrogens with zero attached hydrogens (tertiary/aromatic N) is 1. The first-order valence-electron chi connectivity index (χ1n) is 5.25. The van der Waals surface area contributed by atoms with Crippen molar-refractivity contribution in [1.82, 2.24) is 4.31 Å². The molecule has 1 aliphatic heterocycles. The number of hydrogen-bond acceptors (Lipinski definition) is 3. The molecule has 16 heavy (non-hydrogen) atoms. The lowest BCUT2D eigenvalue weighted by atomic mass is 10.2. The lowest BCUT2D eigenvalue weighted by molar-refractivity contribution is 0.337. The van der Waals surface area contributed by atoms with Crippen molar-refractivity contribution in [2.45, 2.75) is 25.8 Å². The first-order valence-corrected chi connectivity index (χ1v) is 6.75. The van der Waals surface area contributed by atoms with E-state index in [2.05, 4.69) is 6.58 Å². The van der Waals surface area contributed by atoms with Gasteiger partial charge in [-0.1, -0.05) is 6.58 Å². The highest BCUT2D eigenvalue weighted by atomic mass is 32.2. The van der Waals surface area contributed by atoms with E-state index in [0.717, 1.165) is 29.8 Å². The molecular weight excluding hydrogens is 226 g/mol. The van der Waals surface area contributed by atoms with Crippen LogP contribution in [0.2, 0.25) is 0 Å². The Balaban J connectivity index is 2.32. The highest BCUT2D eigenvalue weighted by Crippen LogP contribution is 2.35. The molecule has 2 rings (SSSR count). The third-order valence-corrected chi connectivity index (χ3v) is 4.34. The van der Waals surface area contributed by atoms with Crippen LogP contribution >= 0.6 is 0 Å². The summed E-state index contributed by atoms with van der Waals surface area (Å²) < 4.78 is 30.5. The third-order valence-electron chi connectivity index (χ3n) is 2.83. The van der Waals surface area contributed by atoms with Gasteiger partial charge in [-0.25, -0.2) is 8.42 Å². The molecule has 0 N–H and O–H groups in total. The maximum absolute atomic E-state index is 11.8. The molecule has 1 saturated heterocycles. The maximum Gasteiger partial charge on any atom is 0.236 e. The topological polar surface area (TPSA) is 50.5 Å². The van der Waals surface area contributed by atoms with Crippen LogP contribution in [0.5, 0.6) is 0 Å². The summed E-state index contributed by atoms with van der Waals surface area (Å²) in [6, 6.07) is 3.53. The normalized spacial score (nSPS) is 22.4. The van der Waals surface area contributed by atoms with Crippen LogP contribution in [0.25, 0.3) is 0 Å². The Labute approximate surface area is 95.6 Å². The summed E-state index contributed by atoms with van der Waals surface area (Å²) in [5, 5.41) is 1.00. The van der Waals surface area contributed by atoms with E-state index < -0.39 is 10.0 Å². The van der Waals surface area contributed by atoms with E-state index >= 15 is 0 Å². The Morgan fingerprint density at radius 2 is 2.31 bits per heavy atom. The standard InChI is InChI=1S/C11H15NO3S/c1-3-16(13,14)12-8-4-5-10(12)11-7-6-9(2)15-11/h3,6-7,10H,1,4-5,8H2,2H3. The Morgan fingerprint density at radius 1 is 1.56 bits per heavy atom. The van der Waals surface area contributed by atoms with E-state index in [-0.39, 0.29) is 6.04 Å². The lowest BCUT2D eigenvalue weighted by Gasteiger charge is -2.20.